The van der Waals surface area contributed by atoms with E-state index in [9.17, 15) is 0 Å². The number of hydrogen-bond acceptors (Lipinski definition) is 6. The Morgan fingerprint density at radius 2 is 1.25 bits per heavy atom. The fourth-order valence-electron chi connectivity index (χ4n) is 7.76. The molecule has 10 aromatic rings. The Labute approximate surface area is 296 Å². The van der Waals surface area contributed by atoms with Crippen molar-refractivity contribution in [3.8, 4) is 11.1 Å². The average molecular weight is 676 g/mol. The predicted octanol–water partition coefficient (Wildman–Crippen LogP) is 11.9. The number of para-hydroxylation sites is 2. The number of fused-ring (bicyclic) bond motifs is 9. The van der Waals surface area contributed by atoms with Crippen LogP contribution in [0.4, 0.5) is 0 Å². The Hall–Kier alpha value is -6.21. The highest BCUT2D eigenvalue weighted by Gasteiger charge is 2.27. The van der Waals surface area contributed by atoms with E-state index >= 15 is 0 Å². The molecule has 0 saturated heterocycles. The quantitative estimate of drug-likeness (QED) is 0.195. The van der Waals surface area contributed by atoms with E-state index in [2.05, 4.69) is 144 Å². The lowest BCUT2D eigenvalue weighted by molar-refractivity contribution is 0.409. The van der Waals surface area contributed by atoms with Crippen molar-refractivity contribution in [3.63, 3.8) is 0 Å². The Balaban J connectivity index is 1.07. The van der Waals surface area contributed by atoms with E-state index in [1.807, 2.05) is 29.5 Å². The summed E-state index contributed by atoms with van der Waals surface area (Å²) in [4.78, 5) is 5.33. The van der Waals surface area contributed by atoms with Gasteiger partial charge in [-0.1, -0.05) is 109 Å². The highest BCUT2D eigenvalue weighted by molar-refractivity contribution is 7.25. The molecule has 0 aliphatic carbocycles. The molecule has 0 spiro atoms. The molecule has 0 radical (unpaired) electrons. The topological polar surface area (TPSA) is 62.7 Å². The van der Waals surface area contributed by atoms with E-state index in [0.717, 1.165) is 77.5 Å². The highest BCUT2D eigenvalue weighted by atomic mass is 32.1. The summed E-state index contributed by atoms with van der Waals surface area (Å²) >= 11 is 1.83. The zero-order valence-electron chi connectivity index (χ0n) is 27.3. The van der Waals surface area contributed by atoms with Gasteiger partial charge in [0.2, 0.25) is 0 Å². The van der Waals surface area contributed by atoms with Gasteiger partial charge in [0.05, 0.1) is 0 Å². The van der Waals surface area contributed by atoms with Crippen LogP contribution in [0.25, 0.3) is 75.2 Å². The maximum atomic E-state index is 6.48. The fraction of sp³-hybridized carbons (Fsp3) is 0.0444. The van der Waals surface area contributed by atoms with Crippen molar-refractivity contribution in [2.24, 2.45) is 4.99 Å². The van der Waals surface area contributed by atoms with Crippen molar-refractivity contribution in [1.29, 1.82) is 0 Å². The van der Waals surface area contributed by atoms with Gasteiger partial charge in [-0.15, -0.1) is 11.3 Å². The molecular weight excluding hydrogens is 647 g/mol. The fourth-order valence-corrected chi connectivity index (χ4v) is 8.92. The predicted molar refractivity (Wildman–Crippen MR) is 210 cm³/mol. The van der Waals surface area contributed by atoms with Crippen LogP contribution < -0.4 is 10.6 Å². The molecule has 4 heterocycles. The van der Waals surface area contributed by atoms with Crippen LogP contribution in [0, 0.1) is 0 Å². The van der Waals surface area contributed by atoms with Crippen molar-refractivity contribution in [2.75, 3.05) is 0 Å². The number of amidine groups is 1. The molecule has 0 bridgehead atoms. The van der Waals surface area contributed by atoms with Crippen LogP contribution in [0.1, 0.15) is 29.0 Å². The lowest BCUT2D eigenvalue weighted by atomic mass is 9.97. The molecule has 2 unspecified atom stereocenters. The molecule has 6 heteroatoms. The van der Waals surface area contributed by atoms with Crippen LogP contribution in [0.3, 0.4) is 0 Å². The third-order valence-corrected chi connectivity index (χ3v) is 11.3. The molecule has 11 rings (SSSR count). The number of nitrogens with one attached hydrogen (secondary N) is 2. The monoisotopic (exact) mass is 675 g/mol. The molecule has 7 aromatic carbocycles. The molecule has 2 atom stereocenters. The summed E-state index contributed by atoms with van der Waals surface area (Å²) in [5, 5.41) is 14.4. The van der Waals surface area contributed by atoms with Gasteiger partial charge < -0.3 is 14.2 Å². The maximum Gasteiger partial charge on any atom is 0.143 e. The normalized spacial score (nSPS) is 16.4. The van der Waals surface area contributed by atoms with Gasteiger partial charge in [0.25, 0.3) is 0 Å². The molecule has 0 saturated carbocycles. The van der Waals surface area contributed by atoms with Gasteiger partial charge in [-0.2, -0.15) is 0 Å². The molecule has 5 nitrogen and oxygen atoms in total. The summed E-state index contributed by atoms with van der Waals surface area (Å²) in [7, 11) is 0. The average Bonchev–Trinajstić information content (AvgIpc) is 3.88. The molecule has 1 aliphatic rings. The summed E-state index contributed by atoms with van der Waals surface area (Å²) in [5.74, 6) is 0.831. The Kier molecular flexibility index (Phi) is 6.26. The number of rotatable bonds is 4. The number of hydrogen-bond donors (Lipinski definition) is 2. The van der Waals surface area contributed by atoms with E-state index in [4.69, 9.17) is 13.8 Å². The van der Waals surface area contributed by atoms with Crippen LogP contribution in [-0.4, -0.2) is 5.84 Å². The first-order valence-corrected chi connectivity index (χ1v) is 18.0. The Bertz CT molecular complexity index is 3010. The van der Waals surface area contributed by atoms with Crippen molar-refractivity contribution < 1.29 is 8.83 Å². The molecule has 0 amide bonds. The number of nitrogens with zero attached hydrogens (tertiary/aromatic N) is 1. The van der Waals surface area contributed by atoms with Crippen molar-refractivity contribution in [3.05, 3.63) is 168 Å². The molecule has 242 valence electrons. The molecular formula is C45H29N3O2S. The second-order valence-electron chi connectivity index (χ2n) is 13.2. The first-order valence-electron chi connectivity index (χ1n) is 17.2. The number of benzene rings is 7. The van der Waals surface area contributed by atoms with Crippen LogP contribution in [-0.2, 0) is 0 Å². The lowest BCUT2D eigenvalue weighted by Gasteiger charge is -2.32. The molecule has 2 N–H and O–H groups in total. The summed E-state index contributed by atoms with van der Waals surface area (Å²) in [5.41, 5.74) is 8.83. The zero-order valence-corrected chi connectivity index (χ0v) is 28.1. The smallest absolute Gasteiger partial charge is 0.143 e. The molecule has 0 fully saturated rings. The minimum atomic E-state index is -0.251. The number of aliphatic imine (C=N–C) groups is 1. The minimum absolute atomic E-state index is 0.139. The van der Waals surface area contributed by atoms with Gasteiger partial charge >= 0.3 is 0 Å². The first kappa shape index (κ1) is 28.6. The van der Waals surface area contributed by atoms with Gasteiger partial charge in [-0.05, 0) is 59.2 Å². The minimum Gasteiger partial charge on any atom is -0.456 e. The van der Waals surface area contributed by atoms with Gasteiger partial charge in [0.15, 0.2) is 0 Å². The van der Waals surface area contributed by atoms with E-state index in [1.165, 1.54) is 20.2 Å². The highest BCUT2D eigenvalue weighted by Crippen LogP contribution is 2.42. The second kappa shape index (κ2) is 11.2. The van der Waals surface area contributed by atoms with Crippen molar-refractivity contribution >= 4 is 81.2 Å². The maximum absolute atomic E-state index is 6.48. The third-order valence-electron chi connectivity index (χ3n) is 10.2. The largest absolute Gasteiger partial charge is 0.456 e. The molecule has 51 heavy (non-hydrogen) atoms. The number of furan rings is 2. The van der Waals surface area contributed by atoms with Gasteiger partial charge in [-0.25, -0.2) is 4.99 Å². The van der Waals surface area contributed by atoms with Crippen LogP contribution in [0.5, 0.6) is 0 Å². The Morgan fingerprint density at radius 1 is 0.510 bits per heavy atom. The standard InChI is InChI=1S/C45H29N3O2S/c1-2-10-26(11-3-1)43-46-44(48-45(47-43)28-20-22-31-30-13-5-7-19-39(30)51-40(31)25-28)27-21-23-37-35(24-27)41-32(14-9-18-38(41)49-37)34-16-8-15-33-29-12-4-6-17-36(29)50-42(33)34/h1-25,43,45,47H,(H,46,48). The van der Waals surface area contributed by atoms with E-state index in [-0.39, 0.29) is 12.3 Å². The molecule has 1 aliphatic heterocycles. The van der Waals surface area contributed by atoms with Gasteiger partial charge in [0, 0.05) is 52.8 Å². The number of thiophene rings is 1. The third kappa shape index (κ3) is 4.54. The second-order valence-corrected chi connectivity index (χ2v) is 14.2. The zero-order chi connectivity index (χ0) is 33.5. The summed E-state index contributed by atoms with van der Waals surface area (Å²) in [6, 6.07) is 53.2. The van der Waals surface area contributed by atoms with Crippen molar-refractivity contribution in [1.82, 2.24) is 10.6 Å². The van der Waals surface area contributed by atoms with E-state index < -0.39 is 0 Å². The lowest BCUT2D eigenvalue weighted by Crippen LogP contribution is -2.44. The van der Waals surface area contributed by atoms with Gasteiger partial charge in [-0.3, -0.25) is 5.32 Å². The van der Waals surface area contributed by atoms with E-state index in [0.29, 0.717) is 0 Å². The Morgan fingerprint density at radius 3 is 2.20 bits per heavy atom. The van der Waals surface area contributed by atoms with Crippen LogP contribution >= 0.6 is 11.3 Å². The molecule has 3 aromatic heterocycles. The van der Waals surface area contributed by atoms with Crippen molar-refractivity contribution in [2.45, 2.75) is 12.3 Å². The van der Waals surface area contributed by atoms with Crippen LogP contribution in [0.2, 0.25) is 0 Å². The van der Waals surface area contributed by atoms with Gasteiger partial charge in [0.1, 0.15) is 40.5 Å². The van der Waals surface area contributed by atoms with Crippen LogP contribution in [0.15, 0.2) is 165 Å². The summed E-state index contributed by atoms with van der Waals surface area (Å²) in [6.45, 7) is 0. The van der Waals surface area contributed by atoms with E-state index in [1.54, 1.807) is 0 Å². The first-order chi connectivity index (χ1) is 25.2. The summed E-state index contributed by atoms with van der Waals surface area (Å²) in [6.07, 6.45) is -0.390. The SMILES string of the molecule is c1ccc(C2NC(c3ccc4oc5cccc(-c6cccc7c6oc6ccccc67)c5c4c3)=NC(c3ccc4c(c3)sc3ccccc34)N2)cc1. The summed E-state index contributed by atoms with van der Waals surface area (Å²) < 4.78 is 15.5.